The van der Waals surface area contributed by atoms with E-state index in [1.165, 1.54) is 17.2 Å². The van der Waals surface area contributed by atoms with Gasteiger partial charge in [0.2, 0.25) is 0 Å². The van der Waals surface area contributed by atoms with Gasteiger partial charge in [-0.15, -0.1) is 35.0 Å². The van der Waals surface area contributed by atoms with Crippen LogP contribution in [0.5, 0.6) is 0 Å². The molecule has 0 radical (unpaired) electrons. The number of hydrogen-bond donors (Lipinski definition) is 2. The first-order chi connectivity index (χ1) is 14.6. The summed E-state index contributed by atoms with van der Waals surface area (Å²) in [4.78, 5) is 15.6. The maximum Gasteiger partial charge on any atom is 0.293 e. The Labute approximate surface area is 196 Å². The second kappa shape index (κ2) is 11.7. The molecule has 0 spiro atoms. The molecule has 0 aliphatic carbocycles. The van der Waals surface area contributed by atoms with Gasteiger partial charge in [-0.05, 0) is 6.07 Å². The Balaban J connectivity index is 0.00000181. The first kappa shape index (κ1) is 25.4. The van der Waals surface area contributed by atoms with Crippen LogP contribution in [0.15, 0.2) is 23.6 Å². The standard InChI is InChI=1S/C17H23N9O4.2ClH/c18-25-12-20-22-17(25)21-19-11-13-9-16(26(27)28)15(24-3-7-30-8-4-24)10-14(13)23-1-5-29-6-2-23;;/h9-12H,1-8,18H2,(H,21,22);2*1H/b19-11-;;. The molecule has 13 nitrogen and oxygen atoms in total. The molecule has 0 atom stereocenters. The highest BCUT2D eigenvalue weighted by Crippen LogP contribution is 2.36. The Bertz CT molecular complexity index is 931. The zero-order valence-corrected chi connectivity index (χ0v) is 18.8. The Morgan fingerprint density at radius 2 is 1.66 bits per heavy atom. The van der Waals surface area contributed by atoms with Gasteiger partial charge in [-0.1, -0.05) is 0 Å². The SMILES string of the molecule is Cl.Cl.Nn1cnnc1N/N=C\c1cc([N+](=O)[O-])c(N2CCOCC2)cc1N1CCOCC1. The first-order valence-electron chi connectivity index (χ1n) is 9.55. The van der Waals surface area contributed by atoms with E-state index in [0.29, 0.717) is 63.9 Å². The van der Waals surface area contributed by atoms with Gasteiger partial charge in [0, 0.05) is 43.5 Å². The largest absolute Gasteiger partial charge is 0.378 e. The van der Waals surface area contributed by atoms with E-state index in [2.05, 4.69) is 25.6 Å². The number of nitrogens with one attached hydrogen (secondary N) is 1. The molecule has 2 saturated heterocycles. The number of hydrogen-bond acceptors (Lipinski definition) is 11. The second-order valence-electron chi connectivity index (χ2n) is 6.79. The monoisotopic (exact) mass is 489 g/mol. The maximum atomic E-state index is 11.8. The number of nitrogens with two attached hydrogens (primary N) is 1. The van der Waals surface area contributed by atoms with Crippen LogP contribution in [-0.4, -0.2) is 78.6 Å². The quantitative estimate of drug-likeness (QED) is 0.258. The van der Waals surface area contributed by atoms with Crippen LogP contribution in [0.4, 0.5) is 23.0 Å². The number of aromatic nitrogens is 3. The summed E-state index contributed by atoms with van der Waals surface area (Å²) in [6.45, 7) is 4.84. The number of nitrogens with zero attached hydrogens (tertiary/aromatic N) is 7. The van der Waals surface area contributed by atoms with Crippen molar-refractivity contribution in [2.24, 2.45) is 5.10 Å². The number of halogens is 2. The molecule has 2 aliphatic rings. The van der Waals surface area contributed by atoms with E-state index in [1.54, 1.807) is 6.07 Å². The third-order valence-electron chi connectivity index (χ3n) is 4.97. The normalized spacial score (nSPS) is 16.4. The average Bonchev–Trinajstić information content (AvgIpc) is 3.19. The van der Waals surface area contributed by atoms with Gasteiger partial charge in [0.25, 0.3) is 11.6 Å². The van der Waals surface area contributed by atoms with Crippen molar-refractivity contribution < 1.29 is 14.4 Å². The molecule has 0 unspecified atom stereocenters. The van der Waals surface area contributed by atoms with Gasteiger partial charge in [-0.3, -0.25) is 10.1 Å². The summed E-state index contributed by atoms with van der Waals surface area (Å²) in [6, 6.07) is 3.41. The van der Waals surface area contributed by atoms with E-state index in [9.17, 15) is 10.1 Å². The summed E-state index contributed by atoms with van der Waals surface area (Å²) in [5.41, 5.74) is 4.76. The third kappa shape index (κ3) is 5.68. The van der Waals surface area contributed by atoms with Gasteiger partial charge in [-0.2, -0.15) is 5.10 Å². The molecule has 2 aliphatic heterocycles. The molecule has 0 bridgehead atoms. The summed E-state index contributed by atoms with van der Waals surface area (Å²) < 4.78 is 12.0. The predicted octanol–water partition coefficient (Wildman–Crippen LogP) is 0.863. The van der Waals surface area contributed by atoms with E-state index < -0.39 is 0 Å². The minimum atomic E-state index is -0.366. The zero-order chi connectivity index (χ0) is 20.9. The minimum absolute atomic E-state index is 0. The molecule has 176 valence electrons. The molecule has 0 saturated carbocycles. The van der Waals surface area contributed by atoms with Gasteiger partial charge < -0.3 is 25.1 Å². The molecule has 3 N–H and O–H groups in total. The fraction of sp³-hybridized carbons (Fsp3) is 0.471. The van der Waals surface area contributed by atoms with Crippen molar-refractivity contribution in [3.05, 3.63) is 34.1 Å². The molecule has 0 amide bonds. The number of nitro groups is 1. The van der Waals surface area contributed by atoms with Crippen LogP contribution >= 0.6 is 24.8 Å². The third-order valence-corrected chi connectivity index (χ3v) is 4.97. The van der Waals surface area contributed by atoms with Crippen molar-refractivity contribution in [3.8, 4) is 0 Å². The smallest absolute Gasteiger partial charge is 0.293 e. The number of rotatable bonds is 6. The van der Waals surface area contributed by atoms with E-state index in [1.807, 2.05) is 11.0 Å². The fourth-order valence-electron chi connectivity index (χ4n) is 3.45. The molecular weight excluding hydrogens is 465 g/mol. The number of nitrogen functional groups attached to an aromatic ring is 1. The van der Waals surface area contributed by atoms with Crippen LogP contribution in [0.3, 0.4) is 0 Å². The van der Waals surface area contributed by atoms with Gasteiger partial charge in [-0.25, -0.2) is 10.1 Å². The van der Waals surface area contributed by atoms with Crippen molar-refractivity contribution in [1.82, 2.24) is 14.9 Å². The number of anilines is 3. The topological polar surface area (TPSA) is 149 Å². The van der Waals surface area contributed by atoms with E-state index in [4.69, 9.17) is 15.3 Å². The van der Waals surface area contributed by atoms with E-state index >= 15 is 0 Å². The van der Waals surface area contributed by atoms with Crippen LogP contribution in [0, 0.1) is 10.1 Å². The lowest BCUT2D eigenvalue weighted by Crippen LogP contribution is -2.38. The summed E-state index contributed by atoms with van der Waals surface area (Å²) in [6.07, 6.45) is 2.86. The summed E-state index contributed by atoms with van der Waals surface area (Å²) in [7, 11) is 0. The summed E-state index contributed by atoms with van der Waals surface area (Å²) in [5.74, 6) is 5.91. The molecule has 4 rings (SSSR count). The van der Waals surface area contributed by atoms with Crippen molar-refractivity contribution in [1.29, 1.82) is 0 Å². The Hall–Kier alpha value is -2.87. The lowest BCUT2D eigenvalue weighted by molar-refractivity contribution is -0.384. The van der Waals surface area contributed by atoms with Crippen molar-refractivity contribution in [3.63, 3.8) is 0 Å². The van der Waals surface area contributed by atoms with Crippen molar-refractivity contribution >= 4 is 54.0 Å². The Morgan fingerprint density at radius 3 is 2.19 bits per heavy atom. The molecular formula is C17H25Cl2N9O4. The van der Waals surface area contributed by atoms with Crippen molar-refractivity contribution in [2.45, 2.75) is 0 Å². The van der Waals surface area contributed by atoms with Gasteiger partial charge in [0.05, 0.1) is 37.6 Å². The number of morpholine rings is 2. The minimum Gasteiger partial charge on any atom is -0.378 e. The highest BCUT2D eigenvalue weighted by molar-refractivity contribution is 5.92. The summed E-state index contributed by atoms with van der Waals surface area (Å²) in [5, 5.41) is 23.4. The molecule has 1 aromatic heterocycles. The fourth-order valence-corrected chi connectivity index (χ4v) is 3.45. The lowest BCUT2D eigenvalue weighted by atomic mass is 10.1. The molecule has 32 heavy (non-hydrogen) atoms. The number of benzene rings is 1. The molecule has 2 fully saturated rings. The van der Waals surface area contributed by atoms with Gasteiger partial charge in [0.15, 0.2) is 0 Å². The molecule has 15 heteroatoms. The number of nitro benzene ring substituents is 1. The Morgan fingerprint density at radius 1 is 1.06 bits per heavy atom. The van der Waals surface area contributed by atoms with Crippen LogP contribution in [0.1, 0.15) is 5.56 Å². The maximum absolute atomic E-state index is 11.8. The van der Waals surface area contributed by atoms with Crippen LogP contribution in [0.25, 0.3) is 0 Å². The summed E-state index contributed by atoms with van der Waals surface area (Å²) >= 11 is 0. The van der Waals surface area contributed by atoms with Crippen molar-refractivity contribution in [2.75, 3.05) is 73.7 Å². The Kier molecular flexibility index (Phi) is 9.26. The second-order valence-corrected chi connectivity index (χ2v) is 6.79. The average molecular weight is 490 g/mol. The van der Waals surface area contributed by atoms with Crippen LogP contribution in [0.2, 0.25) is 0 Å². The molecule has 2 aromatic rings. The van der Waals surface area contributed by atoms with Gasteiger partial charge >= 0.3 is 0 Å². The predicted molar refractivity (Wildman–Crippen MR) is 125 cm³/mol. The van der Waals surface area contributed by atoms with E-state index in [-0.39, 0.29) is 41.4 Å². The highest BCUT2D eigenvalue weighted by atomic mass is 35.5. The van der Waals surface area contributed by atoms with Gasteiger partial charge in [0.1, 0.15) is 12.0 Å². The first-order valence-corrected chi connectivity index (χ1v) is 9.55. The number of hydrazone groups is 1. The van der Waals surface area contributed by atoms with E-state index in [0.717, 1.165) is 5.69 Å². The van der Waals surface area contributed by atoms with Crippen LogP contribution in [-0.2, 0) is 9.47 Å². The number of ether oxygens (including phenoxy) is 2. The molecule has 1 aromatic carbocycles. The highest BCUT2D eigenvalue weighted by Gasteiger charge is 2.26. The lowest BCUT2D eigenvalue weighted by Gasteiger charge is -2.33. The molecule has 3 heterocycles. The zero-order valence-electron chi connectivity index (χ0n) is 17.1. The van der Waals surface area contributed by atoms with Crippen LogP contribution < -0.4 is 21.1 Å².